The zero-order chi connectivity index (χ0) is 20.9. The summed E-state index contributed by atoms with van der Waals surface area (Å²) in [4.78, 5) is 11.2. The fourth-order valence-corrected chi connectivity index (χ4v) is 4.57. The average molecular weight is 438 g/mol. The normalized spacial score (nSPS) is 11.1. The van der Waals surface area contributed by atoms with Gasteiger partial charge in [0.1, 0.15) is 16.4 Å². The van der Waals surface area contributed by atoms with Crippen LogP contribution in [0.4, 0.5) is 17.1 Å². The van der Waals surface area contributed by atoms with Crippen LogP contribution >= 0.6 is 22.7 Å². The second-order valence-electron chi connectivity index (χ2n) is 6.88. The Kier molecular flexibility index (Phi) is 5.69. The molecule has 3 aromatic carbocycles. The van der Waals surface area contributed by atoms with Gasteiger partial charge in [-0.2, -0.15) is 0 Å². The maximum absolute atomic E-state index is 4.66. The molecule has 0 aliphatic rings. The molecular weight excluding hydrogens is 418 g/mol. The largest absolute Gasteiger partial charge is 0.311 e. The molecule has 0 saturated heterocycles. The van der Waals surface area contributed by atoms with E-state index in [1.807, 2.05) is 23.0 Å². The van der Waals surface area contributed by atoms with E-state index in [0.717, 1.165) is 39.0 Å². The maximum atomic E-state index is 4.66. The van der Waals surface area contributed by atoms with Gasteiger partial charge >= 0.3 is 0 Å². The van der Waals surface area contributed by atoms with Crippen molar-refractivity contribution in [2.45, 2.75) is 0 Å². The van der Waals surface area contributed by atoms with Gasteiger partial charge in [0.25, 0.3) is 0 Å². The van der Waals surface area contributed by atoms with Crippen molar-refractivity contribution in [3.8, 4) is 11.4 Å². The van der Waals surface area contributed by atoms with E-state index in [-0.39, 0.29) is 0 Å². The molecule has 2 aromatic heterocycles. The van der Waals surface area contributed by atoms with Gasteiger partial charge in [0.2, 0.25) is 0 Å². The number of thiazole rings is 2. The van der Waals surface area contributed by atoms with E-state index in [9.17, 15) is 0 Å². The molecule has 0 radical (unpaired) electrons. The van der Waals surface area contributed by atoms with Crippen LogP contribution in [-0.4, -0.2) is 9.97 Å². The highest BCUT2D eigenvalue weighted by Crippen LogP contribution is 2.34. The fraction of sp³-hybridized carbons (Fsp3) is 0. The van der Waals surface area contributed by atoms with Gasteiger partial charge in [-0.3, -0.25) is 0 Å². The predicted molar refractivity (Wildman–Crippen MR) is 133 cm³/mol. The zero-order valence-corrected chi connectivity index (χ0v) is 18.3. The monoisotopic (exact) mass is 437 g/mol. The second-order valence-corrected chi connectivity index (χ2v) is 8.48. The summed E-state index contributed by atoms with van der Waals surface area (Å²) in [7, 11) is 0. The van der Waals surface area contributed by atoms with Crippen LogP contribution in [0.5, 0.6) is 0 Å². The summed E-state index contributed by atoms with van der Waals surface area (Å²) in [6, 6.07) is 29.4. The van der Waals surface area contributed by atoms with Gasteiger partial charge in [0, 0.05) is 27.8 Å². The van der Waals surface area contributed by atoms with Gasteiger partial charge in [-0.05, 0) is 48.0 Å². The number of hydrogen-bond acceptors (Lipinski definition) is 5. The molecule has 0 amide bonds. The molecule has 0 aliphatic carbocycles. The summed E-state index contributed by atoms with van der Waals surface area (Å²) >= 11 is 3.21. The Morgan fingerprint density at radius 3 is 1.90 bits per heavy atom. The first-order valence-electron chi connectivity index (χ1n) is 9.89. The Morgan fingerprint density at radius 2 is 1.29 bits per heavy atom. The highest BCUT2D eigenvalue weighted by Gasteiger charge is 2.11. The molecule has 0 aliphatic heterocycles. The zero-order valence-electron chi connectivity index (χ0n) is 16.6. The second kappa shape index (κ2) is 9.08. The third-order valence-corrected chi connectivity index (χ3v) is 6.21. The average Bonchev–Trinajstić information content (AvgIpc) is 3.52. The quantitative estimate of drug-likeness (QED) is 0.270. The Morgan fingerprint density at radius 1 is 0.645 bits per heavy atom. The van der Waals surface area contributed by atoms with Crippen molar-refractivity contribution in [1.29, 1.82) is 0 Å². The molecule has 2 heterocycles. The van der Waals surface area contributed by atoms with Crippen LogP contribution in [-0.2, 0) is 0 Å². The Bertz CT molecular complexity index is 1220. The predicted octanol–water partition coefficient (Wildman–Crippen LogP) is 7.91. The van der Waals surface area contributed by atoms with Crippen molar-refractivity contribution in [2.75, 3.05) is 4.90 Å². The lowest BCUT2D eigenvalue weighted by atomic mass is 10.1. The van der Waals surface area contributed by atoms with Crippen LogP contribution in [0.2, 0.25) is 0 Å². The topological polar surface area (TPSA) is 29.0 Å². The first-order valence-corrected chi connectivity index (χ1v) is 11.7. The molecule has 31 heavy (non-hydrogen) atoms. The molecule has 5 heteroatoms. The molecule has 0 unspecified atom stereocenters. The maximum Gasteiger partial charge on any atom is 0.116 e. The minimum atomic E-state index is 0.933. The van der Waals surface area contributed by atoms with Gasteiger partial charge in [-0.15, -0.1) is 22.7 Å². The lowest BCUT2D eigenvalue weighted by Gasteiger charge is -2.25. The Labute approximate surface area is 189 Å². The van der Waals surface area contributed by atoms with Gasteiger partial charge in [0.15, 0.2) is 0 Å². The Balaban J connectivity index is 1.39. The van der Waals surface area contributed by atoms with Crippen molar-refractivity contribution in [1.82, 2.24) is 9.97 Å². The van der Waals surface area contributed by atoms with Crippen LogP contribution in [0, 0.1) is 0 Å². The third kappa shape index (κ3) is 4.48. The van der Waals surface area contributed by atoms with Crippen molar-refractivity contribution in [3.05, 3.63) is 112 Å². The van der Waals surface area contributed by atoms with Gasteiger partial charge in [-0.25, -0.2) is 9.97 Å². The third-order valence-electron chi connectivity index (χ3n) is 4.82. The molecule has 0 fully saturated rings. The molecule has 0 saturated carbocycles. The SMILES string of the molecule is C(=C\c1nc(-c2cscn2)cs1)/c1ccc(N(c2ccccc2)c2ccccc2)cc1. The minimum absolute atomic E-state index is 0.933. The molecular formula is C26H19N3S2. The fourth-order valence-electron chi connectivity index (χ4n) is 3.32. The number of rotatable bonds is 6. The summed E-state index contributed by atoms with van der Waals surface area (Å²) in [5.41, 5.74) is 8.23. The molecule has 5 rings (SSSR count). The summed E-state index contributed by atoms with van der Waals surface area (Å²) in [5.74, 6) is 0. The molecule has 0 N–H and O–H groups in total. The highest BCUT2D eigenvalue weighted by atomic mass is 32.1. The number of para-hydroxylation sites is 2. The van der Waals surface area contributed by atoms with E-state index in [0.29, 0.717) is 0 Å². The first kappa shape index (κ1) is 19.4. The summed E-state index contributed by atoms with van der Waals surface area (Å²) in [5, 5.41) is 5.05. The van der Waals surface area contributed by atoms with E-state index in [4.69, 9.17) is 0 Å². The number of nitrogens with zero attached hydrogens (tertiary/aromatic N) is 3. The summed E-state index contributed by atoms with van der Waals surface area (Å²) in [6.07, 6.45) is 4.16. The van der Waals surface area contributed by atoms with Crippen molar-refractivity contribution >= 4 is 51.9 Å². The first-order chi connectivity index (χ1) is 15.4. The highest BCUT2D eigenvalue weighted by molar-refractivity contribution is 7.11. The lowest BCUT2D eigenvalue weighted by molar-refractivity contribution is 1.28. The summed E-state index contributed by atoms with van der Waals surface area (Å²) in [6.45, 7) is 0. The molecule has 0 atom stereocenters. The molecule has 5 aromatic rings. The molecule has 3 nitrogen and oxygen atoms in total. The number of hydrogen-bond donors (Lipinski definition) is 0. The van der Waals surface area contributed by atoms with Gasteiger partial charge < -0.3 is 4.90 Å². The standard InChI is InChI=1S/C26H19N3S2/c1-3-7-21(8-4-1)29(22-9-5-2-6-10-22)23-14-11-20(12-15-23)13-16-26-28-25(18-31-26)24-17-30-19-27-24/h1-19H/b16-13+. The number of anilines is 3. The lowest BCUT2D eigenvalue weighted by Crippen LogP contribution is -2.09. The number of aromatic nitrogens is 2. The van der Waals surface area contributed by atoms with Crippen molar-refractivity contribution < 1.29 is 0 Å². The molecule has 0 spiro atoms. The van der Waals surface area contributed by atoms with Crippen LogP contribution in [0.3, 0.4) is 0 Å². The van der Waals surface area contributed by atoms with Gasteiger partial charge in [-0.1, -0.05) is 54.6 Å². The number of benzene rings is 3. The van der Waals surface area contributed by atoms with Gasteiger partial charge in [0.05, 0.1) is 5.51 Å². The Hall–Kier alpha value is -3.54. The van der Waals surface area contributed by atoms with Crippen molar-refractivity contribution in [2.24, 2.45) is 0 Å². The smallest absolute Gasteiger partial charge is 0.116 e. The molecule has 0 bridgehead atoms. The minimum Gasteiger partial charge on any atom is -0.311 e. The van der Waals surface area contributed by atoms with Crippen molar-refractivity contribution in [3.63, 3.8) is 0 Å². The molecule has 150 valence electrons. The van der Waals surface area contributed by atoms with E-state index < -0.39 is 0 Å². The summed E-state index contributed by atoms with van der Waals surface area (Å²) < 4.78 is 0. The van der Waals surface area contributed by atoms with Crippen LogP contribution in [0.15, 0.2) is 101 Å². The van der Waals surface area contributed by atoms with E-state index in [1.165, 1.54) is 0 Å². The van der Waals surface area contributed by atoms with Crippen LogP contribution < -0.4 is 4.90 Å². The van der Waals surface area contributed by atoms with E-state index in [1.54, 1.807) is 22.7 Å². The van der Waals surface area contributed by atoms with E-state index >= 15 is 0 Å². The van der Waals surface area contributed by atoms with Crippen LogP contribution in [0.1, 0.15) is 10.6 Å². The van der Waals surface area contributed by atoms with Crippen LogP contribution in [0.25, 0.3) is 23.5 Å². The van der Waals surface area contributed by atoms with E-state index in [2.05, 4.69) is 105 Å².